The minimum atomic E-state index is -0.189. The van der Waals surface area contributed by atoms with Crippen molar-refractivity contribution in [2.24, 2.45) is 7.05 Å². The van der Waals surface area contributed by atoms with E-state index in [9.17, 15) is 4.79 Å². The molecular formula is C16H19N7O. The summed E-state index contributed by atoms with van der Waals surface area (Å²) in [5, 5.41) is 3.31. The molecule has 0 amide bonds. The smallest absolute Gasteiger partial charge is 0.279 e. The number of hydrogen-bond acceptors (Lipinski definition) is 5. The number of nitrogens with one attached hydrogen (secondary N) is 1. The van der Waals surface area contributed by atoms with E-state index in [0.717, 1.165) is 32.1 Å². The Kier molecular flexibility index (Phi) is 4.50. The maximum Gasteiger partial charge on any atom is 0.279 e. The lowest BCUT2D eigenvalue weighted by Gasteiger charge is -2.28. The number of imidazole rings is 1. The lowest BCUT2D eigenvalue weighted by Crippen LogP contribution is -2.44. The van der Waals surface area contributed by atoms with Crippen molar-refractivity contribution in [1.82, 2.24) is 24.4 Å². The summed E-state index contributed by atoms with van der Waals surface area (Å²) < 4.78 is 3.27. The Bertz CT molecular complexity index is 916. The van der Waals surface area contributed by atoms with Crippen LogP contribution in [0.4, 0.5) is 5.95 Å². The molecule has 1 aliphatic heterocycles. The molecule has 0 aliphatic carbocycles. The molecule has 124 valence electrons. The normalized spacial score (nSPS) is 14.3. The molecule has 0 spiro atoms. The molecule has 0 unspecified atom stereocenters. The van der Waals surface area contributed by atoms with Gasteiger partial charge in [0.1, 0.15) is 0 Å². The first-order chi connectivity index (χ1) is 11.7. The summed E-state index contributed by atoms with van der Waals surface area (Å²) >= 11 is 0. The predicted octanol–water partition coefficient (Wildman–Crippen LogP) is -0.0178. The zero-order chi connectivity index (χ0) is 17.1. The zero-order valence-corrected chi connectivity index (χ0v) is 13.8. The van der Waals surface area contributed by atoms with Gasteiger partial charge in [-0.25, -0.2) is 11.6 Å². The molecule has 0 saturated carbocycles. The fourth-order valence-corrected chi connectivity index (χ4v) is 2.82. The van der Waals surface area contributed by atoms with Gasteiger partial charge in [0, 0.05) is 33.2 Å². The van der Waals surface area contributed by atoms with E-state index in [2.05, 4.69) is 36.9 Å². The van der Waals surface area contributed by atoms with Crippen LogP contribution in [0.15, 0.2) is 4.79 Å². The average Bonchev–Trinajstić information content (AvgIpc) is 2.97. The maximum absolute atomic E-state index is 12.8. The zero-order valence-electron chi connectivity index (χ0n) is 13.8. The molecule has 1 aliphatic rings. The molecule has 24 heavy (non-hydrogen) atoms. The highest BCUT2D eigenvalue weighted by Crippen LogP contribution is 2.20. The first-order valence-corrected chi connectivity index (χ1v) is 7.82. The van der Waals surface area contributed by atoms with Crippen LogP contribution in [0.5, 0.6) is 0 Å². The third kappa shape index (κ3) is 2.72. The van der Waals surface area contributed by atoms with Crippen molar-refractivity contribution >= 4 is 17.1 Å². The molecule has 0 radical (unpaired) electrons. The maximum atomic E-state index is 12.8. The number of rotatable bonds is 3. The molecule has 1 N–H and O–H groups in total. The summed E-state index contributed by atoms with van der Waals surface area (Å²) in [5.41, 5.74) is 0.649. The topological polar surface area (TPSA) is 72.3 Å². The summed E-state index contributed by atoms with van der Waals surface area (Å²) in [6.07, 6.45) is 0. The summed E-state index contributed by atoms with van der Waals surface area (Å²) in [6.45, 7) is 12.6. The first-order valence-electron chi connectivity index (χ1n) is 7.82. The summed E-state index contributed by atoms with van der Waals surface area (Å²) in [7, 11) is 1.64. The summed E-state index contributed by atoms with van der Waals surface area (Å²) in [4.78, 5) is 27.3. The van der Waals surface area contributed by atoms with E-state index in [-0.39, 0.29) is 12.1 Å². The molecule has 3 heterocycles. The number of nitrogens with zero attached hydrogens (tertiary/aromatic N) is 6. The monoisotopic (exact) mass is 325 g/mol. The minimum absolute atomic E-state index is 0.0618. The van der Waals surface area contributed by atoms with Crippen molar-refractivity contribution in [3.05, 3.63) is 27.6 Å². The van der Waals surface area contributed by atoms with E-state index in [1.807, 2.05) is 4.57 Å². The lowest BCUT2D eigenvalue weighted by molar-refractivity contribution is 0.573. The number of piperazine rings is 1. The Morgan fingerprint density at radius 1 is 1.33 bits per heavy atom. The van der Waals surface area contributed by atoms with Crippen molar-refractivity contribution in [1.29, 1.82) is 0 Å². The average molecular weight is 325 g/mol. The van der Waals surface area contributed by atoms with Crippen molar-refractivity contribution in [2.75, 3.05) is 31.1 Å². The Hall–Kier alpha value is -2.84. The van der Waals surface area contributed by atoms with E-state index < -0.39 is 0 Å². The molecule has 1 fully saturated rings. The second-order valence-corrected chi connectivity index (χ2v) is 5.54. The van der Waals surface area contributed by atoms with Gasteiger partial charge in [-0.05, 0) is 6.92 Å². The van der Waals surface area contributed by atoms with Crippen LogP contribution in [0.1, 0.15) is 12.7 Å². The predicted molar refractivity (Wildman–Crippen MR) is 91.6 cm³/mol. The van der Waals surface area contributed by atoms with Gasteiger partial charge in [-0.2, -0.15) is 4.98 Å². The molecular weight excluding hydrogens is 306 g/mol. The Morgan fingerprint density at radius 2 is 2.08 bits per heavy atom. The Labute approximate surface area is 139 Å². The molecule has 3 rings (SSSR count). The van der Waals surface area contributed by atoms with Gasteiger partial charge in [0.2, 0.25) is 5.95 Å². The number of anilines is 1. The van der Waals surface area contributed by atoms with Crippen molar-refractivity contribution < 1.29 is 0 Å². The molecule has 1 saturated heterocycles. The number of hydrogen-bond donors (Lipinski definition) is 1. The third-order valence-corrected chi connectivity index (χ3v) is 4.09. The van der Waals surface area contributed by atoms with Crippen LogP contribution in [0.25, 0.3) is 16.0 Å². The van der Waals surface area contributed by atoms with E-state index in [4.69, 9.17) is 6.57 Å². The SMILES string of the molecule is [C-]#[N+]Cc1nc2nc(N3CCNCC3)n(CC#CC)c2c(=O)n1C. The molecule has 8 heteroatoms. The largest absolute Gasteiger partial charge is 0.340 e. The van der Waals surface area contributed by atoms with Gasteiger partial charge in [0.05, 0.1) is 6.54 Å². The molecule has 8 nitrogen and oxygen atoms in total. The number of aromatic nitrogens is 4. The van der Waals surface area contributed by atoms with Gasteiger partial charge in [0.15, 0.2) is 17.0 Å². The van der Waals surface area contributed by atoms with Crippen LogP contribution in [-0.4, -0.2) is 45.3 Å². The van der Waals surface area contributed by atoms with Gasteiger partial charge in [-0.3, -0.25) is 13.9 Å². The fourth-order valence-electron chi connectivity index (χ4n) is 2.82. The summed E-state index contributed by atoms with van der Waals surface area (Å²) in [6, 6.07) is 0. The van der Waals surface area contributed by atoms with Crippen molar-refractivity contribution in [3.63, 3.8) is 0 Å². The highest BCUT2D eigenvalue weighted by Gasteiger charge is 2.23. The standard InChI is InChI=1S/C16H19N7O/c1-4-5-8-23-13-14(19-12(11-17-2)21(3)15(13)24)20-16(23)22-9-6-18-7-10-22/h18H,6-11H2,1,3H3. The van der Waals surface area contributed by atoms with Gasteiger partial charge in [-0.15, -0.1) is 5.92 Å². The fraction of sp³-hybridized carbons (Fsp3) is 0.500. The van der Waals surface area contributed by atoms with Crippen LogP contribution in [0.3, 0.4) is 0 Å². The van der Waals surface area contributed by atoms with E-state index in [0.29, 0.717) is 23.5 Å². The van der Waals surface area contributed by atoms with Crippen molar-refractivity contribution in [3.8, 4) is 11.8 Å². The summed E-state index contributed by atoms with van der Waals surface area (Å²) in [5.74, 6) is 7.04. The third-order valence-electron chi connectivity index (χ3n) is 4.09. The van der Waals surface area contributed by atoms with E-state index in [1.165, 1.54) is 4.57 Å². The van der Waals surface area contributed by atoms with Crippen LogP contribution in [0, 0.1) is 18.4 Å². The lowest BCUT2D eigenvalue weighted by atomic mass is 10.4. The molecule has 0 aromatic carbocycles. The Balaban J connectivity index is 2.23. The molecule has 0 atom stereocenters. The van der Waals surface area contributed by atoms with Gasteiger partial charge < -0.3 is 15.1 Å². The van der Waals surface area contributed by atoms with Crippen LogP contribution in [0.2, 0.25) is 0 Å². The second kappa shape index (κ2) is 6.73. The highest BCUT2D eigenvalue weighted by atomic mass is 16.1. The van der Waals surface area contributed by atoms with Crippen LogP contribution in [-0.2, 0) is 20.1 Å². The van der Waals surface area contributed by atoms with Crippen LogP contribution >= 0.6 is 0 Å². The van der Waals surface area contributed by atoms with E-state index in [1.54, 1.807) is 14.0 Å². The van der Waals surface area contributed by atoms with Gasteiger partial charge >= 0.3 is 0 Å². The van der Waals surface area contributed by atoms with Crippen LogP contribution < -0.4 is 15.8 Å². The van der Waals surface area contributed by atoms with E-state index >= 15 is 0 Å². The number of fused-ring (bicyclic) bond motifs is 1. The van der Waals surface area contributed by atoms with Gasteiger partial charge in [-0.1, -0.05) is 5.92 Å². The minimum Gasteiger partial charge on any atom is -0.340 e. The first kappa shape index (κ1) is 16.0. The molecule has 2 aromatic heterocycles. The molecule has 2 aromatic rings. The van der Waals surface area contributed by atoms with Gasteiger partial charge in [0.25, 0.3) is 12.1 Å². The second-order valence-electron chi connectivity index (χ2n) is 5.54. The Morgan fingerprint density at radius 3 is 2.75 bits per heavy atom. The highest BCUT2D eigenvalue weighted by molar-refractivity contribution is 5.74. The molecule has 0 bridgehead atoms. The quantitative estimate of drug-likeness (QED) is 0.634. The van der Waals surface area contributed by atoms with Crippen molar-refractivity contribution in [2.45, 2.75) is 20.0 Å².